The molecule has 0 radical (unpaired) electrons. The van der Waals surface area contributed by atoms with E-state index in [-0.39, 0.29) is 56.9 Å². The predicted octanol–water partition coefficient (Wildman–Crippen LogP) is 11.1. The van der Waals surface area contributed by atoms with Crippen LogP contribution in [-0.4, -0.2) is 49.1 Å². The van der Waals surface area contributed by atoms with Crippen LogP contribution in [0.15, 0.2) is 48.5 Å². The first-order valence-corrected chi connectivity index (χ1v) is 19.8. The number of benzene rings is 3. The predicted molar refractivity (Wildman–Crippen MR) is 218 cm³/mol. The molecule has 0 aliphatic carbocycles. The number of unbranched alkanes of at least 4 members (excludes halogenated alkanes) is 14. The fourth-order valence-corrected chi connectivity index (χ4v) is 6.18. The number of hydrogen-bond donors (Lipinski definition) is 2. The van der Waals surface area contributed by atoms with Crippen LogP contribution in [0.3, 0.4) is 0 Å². The van der Waals surface area contributed by atoms with Crippen LogP contribution in [0.4, 0.5) is 22.7 Å². The highest BCUT2D eigenvalue weighted by molar-refractivity contribution is 6.10. The minimum atomic E-state index is -0.712. The quantitative estimate of drug-likeness (QED) is 0.0409. The molecule has 0 aromatic heterocycles. The monoisotopic (exact) mass is 778 g/mol. The Hall–Kier alpha value is -5.40. The van der Waals surface area contributed by atoms with E-state index >= 15 is 0 Å². The van der Waals surface area contributed by atoms with Crippen LogP contribution < -0.4 is 29.6 Å². The molecule has 2 N–H and O–H groups in total. The normalized spacial score (nSPS) is 10.8. The molecule has 0 heterocycles. The average molecular weight is 779 g/mol. The van der Waals surface area contributed by atoms with Crippen LogP contribution in [0, 0.1) is 20.2 Å². The van der Waals surface area contributed by atoms with Crippen molar-refractivity contribution in [3.05, 3.63) is 79.9 Å². The molecule has 0 aliphatic rings. The number of carbonyl (C=O) groups excluding carboxylic acids is 2. The van der Waals surface area contributed by atoms with Crippen molar-refractivity contribution in [2.24, 2.45) is 0 Å². The van der Waals surface area contributed by atoms with Gasteiger partial charge in [-0.15, -0.1) is 0 Å². The number of carbonyl (C=O) groups is 2. The summed E-state index contributed by atoms with van der Waals surface area (Å²) in [5.41, 5.74) is -0.476. The zero-order valence-corrected chi connectivity index (χ0v) is 33.3. The number of non-ortho nitro benzene ring substituents is 2. The molecule has 0 unspecified atom stereocenters. The van der Waals surface area contributed by atoms with E-state index in [0.29, 0.717) is 13.2 Å². The lowest BCUT2D eigenvalue weighted by molar-refractivity contribution is -0.385. The van der Waals surface area contributed by atoms with E-state index in [1.165, 1.54) is 102 Å². The Morgan fingerprint density at radius 1 is 0.518 bits per heavy atom. The number of nitro benzene ring substituents is 2. The lowest BCUT2D eigenvalue weighted by atomic mass is 10.1. The molecule has 56 heavy (non-hydrogen) atoms. The molecule has 3 rings (SSSR count). The molecular weight excluding hydrogens is 720 g/mol. The molecule has 3 aromatic carbocycles. The second-order valence-corrected chi connectivity index (χ2v) is 13.7. The summed E-state index contributed by atoms with van der Waals surface area (Å²) in [5, 5.41) is 28.7. The van der Waals surface area contributed by atoms with E-state index in [1.807, 2.05) is 0 Å². The first-order chi connectivity index (χ1) is 27.1. The number of methoxy groups -OCH3 is 2. The van der Waals surface area contributed by atoms with Crippen molar-refractivity contribution in [2.75, 3.05) is 38.1 Å². The fourth-order valence-electron chi connectivity index (χ4n) is 6.18. The number of nitrogens with one attached hydrogen (secondary N) is 2. The summed E-state index contributed by atoms with van der Waals surface area (Å²) in [6, 6.07) is 10.5. The van der Waals surface area contributed by atoms with Gasteiger partial charge in [-0.1, -0.05) is 104 Å². The van der Waals surface area contributed by atoms with Gasteiger partial charge >= 0.3 is 0 Å². The number of nitrogens with zero attached hydrogens (tertiary/aromatic N) is 2. The Morgan fingerprint density at radius 3 is 1.21 bits per heavy atom. The Morgan fingerprint density at radius 2 is 0.875 bits per heavy atom. The smallest absolute Gasteiger partial charge is 0.270 e. The van der Waals surface area contributed by atoms with Crippen molar-refractivity contribution in [1.82, 2.24) is 0 Å². The lowest BCUT2D eigenvalue weighted by Crippen LogP contribution is -2.17. The summed E-state index contributed by atoms with van der Waals surface area (Å²) in [6.07, 6.45) is 17.6. The van der Waals surface area contributed by atoms with Crippen LogP contribution in [0.5, 0.6) is 23.0 Å². The molecule has 14 nitrogen and oxygen atoms in total. The second kappa shape index (κ2) is 24.9. The van der Waals surface area contributed by atoms with Crippen molar-refractivity contribution < 1.29 is 38.4 Å². The second-order valence-electron chi connectivity index (χ2n) is 13.7. The summed E-state index contributed by atoms with van der Waals surface area (Å²) >= 11 is 0. The van der Waals surface area contributed by atoms with Gasteiger partial charge in [0.2, 0.25) is 0 Å². The minimum Gasteiger partial charge on any atom is -0.494 e. The van der Waals surface area contributed by atoms with E-state index in [9.17, 15) is 29.8 Å². The van der Waals surface area contributed by atoms with Crippen molar-refractivity contribution in [1.29, 1.82) is 0 Å². The molecule has 0 atom stereocenters. The van der Waals surface area contributed by atoms with Gasteiger partial charge in [0, 0.05) is 30.3 Å². The number of anilines is 2. The molecule has 0 saturated carbocycles. The summed E-state index contributed by atoms with van der Waals surface area (Å²) in [4.78, 5) is 49.6. The van der Waals surface area contributed by atoms with Crippen molar-refractivity contribution in [3.63, 3.8) is 0 Å². The number of rotatable bonds is 28. The Balaban J connectivity index is 1.79. The van der Waals surface area contributed by atoms with Gasteiger partial charge in [-0.2, -0.15) is 0 Å². The fraction of sp³-hybridized carbons (Fsp3) is 0.524. The molecule has 306 valence electrons. The number of hydrogen-bond acceptors (Lipinski definition) is 10. The molecule has 0 aliphatic heterocycles. The van der Waals surface area contributed by atoms with Gasteiger partial charge < -0.3 is 29.6 Å². The van der Waals surface area contributed by atoms with Crippen LogP contribution in [0.1, 0.15) is 137 Å². The van der Waals surface area contributed by atoms with Crippen LogP contribution in [0.25, 0.3) is 0 Å². The first-order valence-electron chi connectivity index (χ1n) is 19.8. The molecule has 3 aromatic rings. The molecule has 0 spiro atoms. The standard InChI is InChI=1S/C42H58N4O10/c1-5-7-9-11-13-15-17-19-25-55-37-23-21-31(45(49)50)27-33(37)41(47)43-35-29-36(40(54-4)30-39(35)53-3)44-42(48)34-28-32(46(51)52)22-24-38(34)56-26-20-18-16-14-12-10-8-6-2/h21-24,27-30H,5-20,25-26H2,1-4H3,(H,43,47)(H,44,48). The van der Waals surface area contributed by atoms with Gasteiger partial charge in [-0.3, -0.25) is 29.8 Å². The van der Waals surface area contributed by atoms with Gasteiger partial charge in [0.25, 0.3) is 23.2 Å². The highest BCUT2D eigenvalue weighted by Crippen LogP contribution is 2.38. The largest absolute Gasteiger partial charge is 0.494 e. The lowest BCUT2D eigenvalue weighted by Gasteiger charge is -2.18. The average Bonchev–Trinajstić information content (AvgIpc) is 3.19. The summed E-state index contributed by atoms with van der Waals surface area (Å²) in [6.45, 7) is 5.03. The first kappa shape index (κ1) is 45.0. The molecule has 0 saturated heterocycles. The number of ether oxygens (including phenoxy) is 4. The van der Waals surface area contributed by atoms with E-state index in [4.69, 9.17) is 18.9 Å². The Labute approximate surface area is 329 Å². The third-order valence-electron chi connectivity index (χ3n) is 9.37. The summed E-state index contributed by atoms with van der Waals surface area (Å²) in [5.74, 6) is -0.717. The number of amides is 2. The van der Waals surface area contributed by atoms with Gasteiger partial charge in [0.1, 0.15) is 23.0 Å². The zero-order valence-electron chi connectivity index (χ0n) is 33.3. The maximum absolute atomic E-state index is 13.8. The molecule has 0 fully saturated rings. The number of nitro groups is 2. The Bertz CT molecular complexity index is 1610. The van der Waals surface area contributed by atoms with Crippen LogP contribution >= 0.6 is 0 Å². The maximum atomic E-state index is 13.8. The van der Waals surface area contributed by atoms with Crippen molar-refractivity contribution >= 4 is 34.6 Å². The minimum absolute atomic E-state index is 0.0582. The summed E-state index contributed by atoms with van der Waals surface area (Å²) < 4.78 is 22.9. The van der Waals surface area contributed by atoms with Crippen LogP contribution in [-0.2, 0) is 0 Å². The SMILES string of the molecule is CCCCCCCCCCOc1ccc([N+](=O)[O-])cc1C(=O)Nc1cc(NC(=O)c2cc([N+](=O)[O-])ccc2OCCCCCCCCCC)c(OC)cc1OC. The highest BCUT2D eigenvalue weighted by Gasteiger charge is 2.23. The van der Waals surface area contributed by atoms with Gasteiger partial charge in [-0.05, 0) is 31.0 Å². The maximum Gasteiger partial charge on any atom is 0.270 e. The van der Waals surface area contributed by atoms with Crippen molar-refractivity contribution in [2.45, 2.75) is 117 Å². The Kier molecular flexibility index (Phi) is 20.0. The van der Waals surface area contributed by atoms with Crippen molar-refractivity contribution in [3.8, 4) is 23.0 Å². The van der Waals surface area contributed by atoms with E-state index < -0.39 is 21.7 Å². The van der Waals surface area contributed by atoms with E-state index in [0.717, 1.165) is 63.5 Å². The van der Waals surface area contributed by atoms with Gasteiger partial charge in [-0.25, -0.2) is 0 Å². The molecular formula is C42H58N4O10. The van der Waals surface area contributed by atoms with E-state index in [2.05, 4.69) is 24.5 Å². The summed E-state index contributed by atoms with van der Waals surface area (Å²) in [7, 11) is 2.77. The van der Waals surface area contributed by atoms with Gasteiger partial charge in [0.05, 0.1) is 59.8 Å². The third kappa shape index (κ3) is 14.7. The third-order valence-corrected chi connectivity index (χ3v) is 9.37. The van der Waals surface area contributed by atoms with E-state index in [1.54, 1.807) is 0 Å². The van der Waals surface area contributed by atoms with Gasteiger partial charge in [0.15, 0.2) is 0 Å². The zero-order chi connectivity index (χ0) is 40.7. The van der Waals surface area contributed by atoms with Crippen LogP contribution in [0.2, 0.25) is 0 Å². The molecule has 2 amide bonds. The topological polar surface area (TPSA) is 181 Å². The highest BCUT2D eigenvalue weighted by atomic mass is 16.6. The molecule has 14 heteroatoms. The molecule has 0 bridgehead atoms.